The molecule has 0 atom stereocenters. The average molecular weight is 173 g/mol. The van der Waals surface area contributed by atoms with Crippen molar-refractivity contribution in [2.24, 2.45) is 11.5 Å². The van der Waals surface area contributed by atoms with Gasteiger partial charge in [-0.1, -0.05) is 0 Å². The molecule has 5 heteroatoms. The van der Waals surface area contributed by atoms with Gasteiger partial charge in [0.2, 0.25) is 0 Å². The molecule has 12 heavy (non-hydrogen) atoms. The van der Waals surface area contributed by atoms with Crippen molar-refractivity contribution in [3.8, 4) is 0 Å². The van der Waals surface area contributed by atoms with Gasteiger partial charge in [-0.05, 0) is 12.8 Å². The molecule has 0 aromatic carbocycles. The van der Waals surface area contributed by atoms with Gasteiger partial charge in [-0.2, -0.15) is 0 Å². The minimum atomic E-state index is -0.512. The summed E-state index contributed by atoms with van der Waals surface area (Å²) in [6.45, 7) is 1.69. The fraction of sp³-hybridized carbons (Fsp3) is 0.857. The molecule has 1 saturated heterocycles. The van der Waals surface area contributed by atoms with Gasteiger partial charge in [0.15, 0.2) is 0 Å². The highest BCUT2D eigenvalue weighted by molar-refractivity contribution is 5.72. The zero-order valence-corrected chi connectivity index (χ0v) is 7.01. The van der Waals surface area contributed by atoms with Crippen LogP contribution >= 0.6 is 0 Å². The summed E-state index contributed by atoms with van der Waals surface area (Å²) < 4.78 is 5.16. The molecule has 0 aromatic heterocycles. The number of nitrogens with two attached hydrogens (primary N) is 2. The second-order valence-corrected chi connectivity index (χ2v) is 3.09. The van der Waals surface area contributed by atoms with Gasteiger partial charge in [-0.15, -0.1) is 0 Å². The third-order valence-electron chi connectivity index (χ3n) is 2.23. The van der Waals surface area contributed by atoms with Crippen molar-refractivity contribution in [1.29, 1.82) is 0 Å². The largest absolute Gasteiger partial charge is 0.381 e. The van der Waals surface area contributed by atoms with Gasteiger partial charge < -0.3 is 21.5 Å². The fourth-order valence-electron chi connectivity index (χ4n) is 1.40. The molecule has 1 aliphatic rings. The minimum Gasteiger partial charge on any atom is -0.381 e. The number of primary amides is 1. The first-order valence-electron chi connectivity index (χ1n) is 4.04. The number of nitrogens with one attached hydrogen (secondary N) is 1. The van der Waals surface area contributed by atoms with Crippen LogP contribution in [0, 0.1) is 0 Å². The monoisotopic (exact) mass is 173 g/mol. The Balaban J connectivity index is 2.53. The summed E-state index contributed by atoms with van der Waals surface area (Å²) in [6, 6.07) is -0.512. The van der Waals surface area contributed by atoms with Gasteiger partial charge >= 0.3 is 6.03 Å². The van der Waals surface area contributed by atoms with Gasteiger partial charge in [0.1, 0.15) is 0 Å². The molecule has 0 unspecified atom stereocenters. The van der Waals surface area contributed by atoms with Crippen LogP contribution in [-0.4, -0.2) is 31.3 Å². The van der Waals surface area contributed by atoms with E-state index >= 15 is 0 Å². The number of carbonyl (C=O) groups is 1. The van der Waals surface area contributed by atoms with Crippen molar-refractivity contribution in [2.45, 2.75) is 18.4 Å². The topological polar surface area (TPSA) is 90.4 Å². The van der Waals surface area contributed by atoms with E-state index in [9.17, 15) is 4.79 Å². The molecule has 2 amide bonds. The third-order valence-corrected chi connectivity index (χ3v) is 2.23. The number of urea groups is 1. The molecule has 0 aliphatic carbocycles. The maximum Gasteiger partial charge on any atom is 0.312 e. The van der Waals surface area contributed by atoms with E-state index in [1.807, 2.05) is 0 Å². The van der Waals surface area contributed by atoms with Crippen LogP contribution in [0.5, 0.6) is 0 Å². The van der Waals surface area contributed by atoms with E-state index in [4.69, 9.17) is 16.2 Å². The Morgan fingerprint density at radius 1 is 1.50 bits per heavy atom. The van der Waals surface area contributed by atoms with Crippen LogP contribution in [0.25, 0.3) is 0 Å². The molecule has 1 fully saturated rings. The van der Waals surface area contributed by atoms with Gasteiger partial charge in [-0.3, -0.25) is 0 Å². The molecular weight excluding hydrogens is 158 g/mol. The number of rotatable bonds is 2. The lowest BCUT2D eigenvalue weighted by Crippen LogP contribution is -2.58. The molecular formula is C7H15N3O2. The second-order valence-electron chi connectivity index (χ2n) is 3.09. The summed E-state index contributed by atoms with van der Waals surface area (Å²) >= 11 is 0. The number of hydrogen-bond donors (Lipinski definition) is 3. The lowest BCUT2D eigenvalue weighted by Gasteiger charge is -2.36. The van der Waals surface area contributed by atoms with Crippen LogP contribution in [-0.2, 0) is 4.74 Å². The van der Waals surface area contributed by atoms with Gasteiger partial charge in [-0.25, -0.2) is 4.79 Å². The van der Waals surface area contributed by atoms with Crippen LogP contribution in [0.4, 0.5) is 4.79 Å². The minimum absolute atomic E-state index is 0.329. The first-order valence-corrected chi connectivity index (χ1v) is 4.04. The maximum absolute atomic E-state index is 10.6. The summed E-state index contributed by atoms with van der Waals surface area (Å²) in [5.41, 5.74) is 10.3. The number of hydrogen-bond acceptors (Lipinski definition) is 3. The van der Waals surface area contributed by atoms with Crippen molar-refractivity contribution in [1.82, 2.24) is 5.32 Å². The Morgan fingerprint density at radius 3 is 2.50 bits per heavy atom. The SMILES string of the molecule is NCC1(NC(N)=O)CCOCC1. The molecule has 0 spiro atoms. The first-order chi connectivity index (χ1) is 5.68. The zero-order valence-electron chi connectivity index (χ0n) is 7.01. The molecule has 1 heterocycles. The Hall–Kier alpha value is -0.810. The van der Waals surface area contributed by atoms with E-state index in [-0.39, 0.29) is 5.54 Å². The number of amides is 2. The molecule has 0 aromatic rings. The van der Waals surface area contributed by atoms with E-state index in [2.05, 4.69) is 5.32 Å². The van der Waals surface area contributed by atoms with Crippen LogP contribution in [0.3, 0.4) is 0 Å². The quantitative estimate of drug-likeness (QED) is 0.508. The zero-order chi connectivity index (χ0) is 9.03. The third kappa shape index (κ3) is 2.09. The molecule has 0 radical (unpaired) electrons. The smallest absolute Gasteiger partial charge is 0.312 e. The highest BCUT2D eigenvalue weighted by Gasteiger charge is 2.31. The Kier molecular flexibility index (Phi) is 2.88. The number of ether oxygens (including phenoxy) is 1. The van der Waals surface area contributed by atoms with Gasteiger partial charge in [0.25, 0.3) is 0 Å². The summed E-state index contributed by atoms with van der Waals surface area (Å²) in [7, 11) is 0. The Morgan fingerprint density at radius 2 is 2.08 bits per heavy atom. The normalized spacial score (nSPS) is 21.8. The van der Waals surface area contributed by atoms with E-state index in [1.165, 1.54) is 0 Å². The highest BCUT2D eigenvalue weighted by Crippen LogP contribution is 2.18. The molecule has 70 valence electrons. The predicted molar refractivity (Wildman–Crippen MR) is 44.6 cm³/mol. The maximum atomic E-state index is 10.6. The fourth-order valence-corrected chi connectivity index (χ4v) is 1.40. The van der Waals surface area contributed by atoms with Crippen LogP contribution in [0.2, 0.25) is 0 Å². The summed E-state index contributed by atoms with van der Waals surface area (Å²) in [4.78, 5) is 10.6. The summed E-state index contributed by atoms with van der Waals surface area (Å²) in [5, 5.41) is 2.68. The molecule has 5 N–H and O–H groups in total. The Labute approximate surface area is 71.4 Å². The van der Waals surface area contributed by atoms with E-state index in [0.717, 1.165) is 12.8 Å². The van der Waals surface area contributed by atoms with Crippen molar-refractivity contribution < 1.29 is 9.53 Å². The van der Waals surface area contributed by atoms with Crippen molar-refractivity contribution >= 4 is 6.03 Å². The Bertz CT molecular complexity index is 166. The molecule has 1 aliphatic heterocycles. The highest BCUT2D eigenvalue weighted by atomic mass is 16.5. The summed E-state index contributed by atoms with van der Waals surface area (Å²) in [5.74, 6) is 0. The first kappa shape index (κ1) is 9.28. The second kappa shape index (κ2) is 3.73. The van der Waals surface area contributed by atoms with E-state index < -0.39 is 6.03 Å². The average Bonchev–Trinajstić information content (AvgIpc) is 2.05. The predicted octanol–water partition coefficient (Wildman–Crippen LogP) is -0.837. The standard InChI is InChI=1S/C7H15N3O2/c8-5-7(10-6(9)11)1-3-12-4-2-7/h1-5,8H2,(H3,9,10,11). The number of carbonyl (C=O) groups excluding carboxylic acids is 1. The van der Waals surface area contributed by atoms with Crippen molar-refractivity contribution in [3.05, 3.63) is 0 Å². The van der Waals surface area contributed by atoms with E-state index in [0.29, 0.717) is 19.8 Å². The lowest BCUT2D eigenvalue weighted by molar-refractivity contribution is 0.0460. The van der Waals surface area contributed by atoms with E-state index in [1.54, 1.807) is 0 Å². The lowest BCUT2D eigenvalue weighted by atomic mass is 9.90. The van der Waals surface area contributed by atoms with Crippen LogP contribution in [0.1, 0.15) is 12.8 Å². The van der Waals surface area contributed by atoms with Gasteiger partial charge in [0.05, 0.1) is 5.54 Å². The summed E-state index contributed by atoms with van der Waals surface area (Å²) in [6.07, 6.45) is 1.48. The molecule has 5 nitrogen and oxygen atoms in total. The van der Waals surface area contributed by atoms with Crippen LogP contribution in [0.15, 0.2) is 0 Å². The molecule has 0 saturated carbocycles. The van der Waals surface area contributed by atoms with Gasteiger partial charge in [0, 0.05) is 19.8 Å². The van der Waals surface area contributed by atoms with Crippen molar-refractivity contribution in [2.75, 3.05) is 19.8 Å². The molecule has 0 bridgehead atoms. The van der Waals surface area contributed by atoms with Crippen molar-refractivity contribution in [3.63, 3.8) is 0 Å². The van der Waals surface area contributed by atoms with Crippen LogP contribution < -0.4 is 16.8 Å². The molecule has 1 rings (SSSR count).